The minimum absolute atomic E-state index is 0.0496. The molecule has 0 radical (unpaired) electrons. The molecule has 2 fully saturated rings. The van der Waals surface area contributed by atoms with Gasteiger partial charge in [0.15, 0.2) is 0 Å². The smallest absolute Gasteiger partial charge is 0.236 e. The largest absolute Gasteiger partial charge is 0.339 e. The van der Waals surface area contributed by atoms with Crippen molar-refractivity contribution in [2.24, 2.45) is 5.92 Å². The zero-order chi connectivity index (χ0) is 17.5. The van der Waals surface area contributed by atoms with Crippen molar-refractivity contribution in [2.75, 3.05) is 65.4 Å². The van der Waals surface area contributed by atoms with Crippen LogP contribution in [0.3, 0.4) is 0 Å². The number of hydrogen-bond acceptors (Lipinski definition) is 5. The number of rotatable bonds is 5. The topological polar surface area (TPSA) is 53.8 Å². The molecule has 6 heteroatoms. The Morgan fingerprint density at radius 1 is 1.04 bits per heavy atom. The van der Waals surface area contributed by atoms with Crippen molar-refractivity contribution in [1.82, 2.24) is 19.6 Å². The quantitative estimate of drug-likeness (QED) is 0.660. The van der Waals surface area contributed by atoms with Crippen LogP contribution in [0.4, 0.5) is 0 Å². The first-order valence-electron chi connectivity index (χ1n) is 8.84. The molecule has 2 aliphatic rings. The van der Waals surface area contributed by atoms with Crippen LogP contribution < -0.4 is 0 Å². The van der Waals surface area contributed by atoms with Crippen LogP contribution in [0.1, 0.15) is 13.8 Å². The predicted octanol–water partition coefficient (Wildman–Crippen LogP) is -0.0704. The summed E-state index contributed by atoms with van der Waals surface area (Å²) in [5.74, 6) is 3.20. The van der Waals surface area contributed by atoms with Gasteiger partial charge in [-0.15, -0.1) is 6.42 Å². The first-order valence-corrected chi connectivity index (χ1v) is 8.84. The molecule has 2 saturated heterocycles. The van der Waals surface area contributed by atoms with Crippen LogP contribution in [-0.2, 0) is 4.79 Å². The van der Waals surface area contributed by atoms with Crippen LogP contribution in [-0.4, -0.2) is 97.0 Å². The summed E-state index contributed by atoms with van der Waals surface area (Å²) < 4.78 is 0. The fourth-order valence-electron chi connectivity index (χ4n) is 3.43. The Hall–Kier alpha value is -1.60. The maximum absolute atomic E-state index is 12.5. The number of hydrogen-bond donors (Lipinski definition) is 0. The summed E-state index contributed by atoms with van der Waals surface area (Å²) >= 11 is 0. The molecule has 2 heterocycles. The number of nitrogens with zero attached hydrogens (tertiary/aromatic N) is 5. The molecule has 0 saturated carbocycles. The number of carbonyl (C=O) groups excluding carboxylic acids is 1. The summed E-state index contributed by atoms with van der Waals surface area (Å²) in [7, 11) is 0. The van der Waals surface area contributed by atoms with Crippen molar-refractivity contribution in [3.8, 4) is 18.4 Å². The van der Waals surface area contributed by atoms with Gasteiger partial charge in [-0.2, -0.15) is 5.26 Å². The third kappa shape index (κ3) is 4.95. The van der Waals surface area contributed by atoms with Gasteiger partial charge >= 0.3 is 0 Å². The van der Waals surface area contributed by atoms with Crippen molar-refractivity contribution in [2.45, 2.75) is 19.9 Å². The van der Waals surface area contributed by atoms with Gasteiger partial charge in [0.2, 0.25) is 5.91 Å². The summed E-state index contributed by atoms with van der Waals surface area (Å²) in [5, 5.41) is 9.30. The zero-order valence-corrected chi connectivity index (χ0v) is 14.9. The van der Waals surface area contributed by atoms with Crippen molar-refractivity contribution in [3.63, 3.8) is 0 Å². The number of terminal acetylenes is 1. The Labute approximate surface area is 146 Å². The molecule has 2 rings (SSSR count). The lowest BCUT2D eigenvalue weighted by atomic mass is 10.0. The Bertz CT molecular complexity index is 491. The number of carbonyl (C=O) groups is 1. The summed E-state index contributed by atoms with van der Waals surface area (Å²) in [6.45, 7) is 12.0. The standard InChI is InChI=1S/C18H29N5O/c1-4-5-20-6-8-21(9-7-20)15-18(24)23-12-10-22(11-13-23)17(14-19)16(2)3/h1,16-17H,5-13,15H2,2-3H3/t17-/m0/s1. The second-order valence-corrected chi connectivity index (χ2v) is 6.99. The molecular formula is C18H29N5O. The molecule has 2 aliphatic heterocycles. The molecule has 0 N–H and O–H groups in total. The predicted molar refractivity (Wildman–Crippen MR) is 94.1 cm³/mol. The zero-order valence-electron chi connectivity index (χ0n) is 14.9. The molecule has 24 heavy (non-hydrogen) atoms. The molecule has 0 unspecified atom stereocenters. The SMILES string of the molecule is C#CCN1CCN(CC(=O)N2CCN([C@@H](C#N)C(C)C)CC2)CC1. The molecule has 0 spiro atoms. The average molecular weight is 331 g/mol. The highest BCUT2D eigenvalue weighted by Crippen LogP contribution is 2.13. The monoisotopic (exact) mass is 331 g/mol. The Kier molecular flexibility index (Phi) is 7.05. The van der Waals surface area contributed by atoms with Crippen LogP contribution in [0.25, 0.3) is 0 Å². The van der Waals surface area contributed by atoms with E-state index in [-0.39, 0.29) is 11.9 Å². The van der Waals surface area contributed by atoms with Gasteiger partial charge in [0, 0.05) is 52.4 Å². The van der Waals surface area contributed by atoms with E-state index in [1.807, 2.05) is 4.90 Å². The van der Waals surface area contributed by atoms with E-state index in [2.05, 4.69) is 40.5 Å². The highest BCUT2D eigenvalue weighted by molar-refractivity contribution is 5.78. The molecule has 0 aromatic heterocycles. The van der Waals surface area contributed by atoms with Crippen molar-refractivity contribution >= 4 is 5.91 Å². The lowest BCUT2D eigenvalue weighted by Crippen LogP contribution is -2.55. The van der Waals surface area contributed by atoms with E-state index < -0.39 is 0 Å². The highest BCUT2D eigenvalue weighted by Gasteiger charge is 2.28. The molecular weight excluding hydrogens is 302 g/mol. The van der Waals surface area contributed by atoms with Crippen LogP contribution in [0, 0.1) is 29.6 Å². The lowest BCUT2D eigenvalue weighted by Gasteiger charge is -2.39. The van der Waals surface area contributed by atoms with Crippen LogP contribution in [0.15, 0.2) is 0 Å². The van der Waals surface area contributed by atoms with E-state index in [4.69, 9.17) is 6.42 Å². The molecule has 0 aliphatic carbocycles. The highest BCUT2D eigenvalue weighted by atomic mass is 16.2. The second kappa shape index (κ2) is 9.03. The maximum Gasteiger partial charge on any atom is 0.236 e. The van der Waals surface area contributed by atoms with Gasteiger partial charge in [-0.25, -0.2) is 0 Å². The van der Waals surface area contributed by atoms with E-state index >= 15 is 0 Å². The number of amides is 1. The minimum Gasteiger partial charge on any atom is -0.339 e. The Morgan fingerprint density at radius 2 is 1.62 bits per heavy atom. The normalized spacial score (nSPS) is 22.1. The summed E-state index contributed by atoms with van der Waals surface area (Å²) in [4.78, 5) is 21.1. The van der Waals surface area contributed by atoms with Gasteiger partial charge in [0.1, 0.15) is 6.04 Å². The van der Waals surface area contributed by atoms with Crippen LogP contribution >= 0.6 is 0 Å². The fourth-order valence-corrected chi connectivity index (χ4v) is 3.43. The van der Waals surface area contributed by atoms with Crippen molar-refractivity contribution in [1.29, 1.82) is 5.26 Å². The van der Waals surface area contributed by atoms with E-state index in [9.17, 15) is 10.1 Å². The molecule has 0 aromatic carbocycles. The van der Waals surface area contributed by atoms with E-state index in [1.54, 1.807) is 0 Å². The number of piperazine rings is 2. The van der Waals surface area contributed by atoms with Gasteiger partial charge in [-0.05, 0) is 5.92 Å². The summed E-state index contributed by atoms with van der Waals surface area (Å²) in [6.07, 6.45) is 5.34. The minimum atomic E-state index is -0.0496. The number of nitriles is 1. The van der Waals surface area contributed by atoms with Gasteiger partial charge in [-0.1, -0.05) is 19.8 Å². The molecule has 1 amide bonds. The first kappa shape index (κ1) is 18.7. The second-order valence-electron chi connectivity index (χ2n) is 6.99. The van der Waals surface area contributed by atoms with Crippen LogP contribution in [0.5, 0.6) is 0 Å². The molecule has 132 valence electrons. The van der Waals surface area contributed by atoms with Crippen molar-refractivity contribution in [3.05, 3.63) is 0 Å². The average Bonchev–Trinajstić information content (AvgIpc) is 2.58. The Morgan fingerprint density at radius 3 is 2.12 bits per heavy atom. The maximum atomic E-state index is 12.5. The Balaban J connectivity index is 1.74. The van der Waals surface area contributed by atoms with Gasteiger partial charge < -0.3 is 4.90 Å². The third-order valence-electron chi connectivity index (χ3n) is 4.96. The summed E-state index contributed by atoms with van der Waals surface area (Å²) in [6, 6.07) is 2.34. The fraction of sp³-hybridized carbons (Fsp3) is 0.778. The molecule has 0 bridgehead atoms. The van der Waals surface area contributed by atoms with Crippen molar-refractivity contribution < 1.29 is 4.79 Å². The molecule has 0 aromatic rings. The third-order valence-corrected chi connectivity index (χ3v) is 4.96. The van der Waals surface area contributed by atoms with Gasteiger partial charge in [0.05, 0.1) is 19.2 Å². The van der Waals surface area contributed by atoms with Crippen LogP contribution in [0.2, 0.25) is 0 Å². The van der Waals surface area contributed by atoms with Gasteiger partial charge in [0.25, 0.3) is 0 Å². The van der Waals surface area contributed by atoms with E-state index in [1.165, 1.54) is 0 Å². The molecule has 6 nitrogen and oxygen atoms in total. The lowest BCUT2D eigenvalue weighted by molar-refractivity contribution is -0.134. The molecule has 1 atom stereocenters. The first-order chi connectivity index (χ1) is 11.5. The summed E-state index contributed by atoms with van der Waals surface area (Å²) in [5.41, 5.74) is 0. The van der Waals surface area contributed by atoms with E-state index in [0.29, 0.717) is 19.0 Å². The van der Waals surface area contributed by atoms with E-state index in [0.717, 1.165) is 52.4 Å². The van der Waals surface area contributed by atoms with Gasteiger partial charge in [-0.3, -0.25) is 19.5 Å².